The van der Waals surface area contributed by atoms with Crippen molar-refractivity contribution in [1.29, 1.82) is 0 Å². The fourth-order valence-corrected chi connectivity index (χ4v) is 1.82. The van der Waals surface area contributed by atoms with Gasteiger partial charge >= 0.3 is 5.97 Å². The molecule has 4 nitrogen and oxygen atoms in total. The van der Waals surface area contributed by atoms with Crippen molar-refractivity contribution in [1.82, 2.24) is 4.98 Å². The first-order valence-electron chi connectivity index (χ1n) is 4.16. The molecule has 1 aromatic heterocycles. The van der Waals surface area contributed by atoms with E-state index in [9.17, 15) is 14.3 Å². The van der Waals surface area contributed by atoms with Crippen LogP contribution < -0.4 is 0 Å². The van der Waals surface area contributed by atoms with Crippen LogP contribution in [0.5, 0.6) is 0 Å². The van der Waals surface area contributed by atoms with E-state index in [2.05, 4.69) is 9.72 Å². The van der Waals surface area contributed by atoms with Crippen molar-refractivity contribution in [3.63, 3.8) is 0 Å². The van der Waals surface area contributed by atoms with E-state index in [1.807, 2.05) is 0 Å². The fraction of sp³-hybridized carbons (Fsp3) is 0.500. The van der Waals surface area contributed by atoms with Crippen LogP contribution in [0, 0.1) is 0 Å². The predicted octanol–water partition coefficient (Wildman–Crippen LogP) is 1.73. The monoisotopic (exact) mass is 253 g/mol. The SMILES string of the molecule is CCOC(=O)C(F)C(O)c1ncc(Cl)s1. The summed E-state index contributed by atoms with van der Waals surface area (Å²) in [6.07, 6.45) is -2.48. The topological polar surface area (TPSA) is 59.4 Å². The van der Waals surface area contributed by atoms with Gasteiger partial charge in [0, 0.05) is 0 Å². The van der Waals surface area contributed by atoms with Crippen molar-refractivity contribution in [2.24, 2.45) is 0 Å². The number of nitrogens with zero attached hydrogens (tertiary/aromatic N) is 1. The summed E-state index contributed by atoms with van der Waals surface area (Å²) in [5.74, 6) is -1.10. The number of carbonyl (C=O) groups excluding carboxylic acids is 1. The van der Waals surface area contributed by atoms with Crippen LogP contribution in [0.3, 0.4) is 0 Å². The zero-order valence-corrected chi connectivity index (χ0v) is 9.39. The Bertz CT molecular complexity index is 346. The molecule has 0 fully saturated rings. The van der Waals surface area contributed by atoms with Gasteiger partial charge in [0.25, 0.3) is 0 Å². The van der Waals surface area contributed by atoms with Crippen LogP contribution in [-0.2, 0) is 9.53 Å². The Morgan fingerprint density at radius 2 is 2.53 bits per heavy atom. The van der Waals surface area contributed by atoms with E-state index in [4.69, 9.17) is 11.6 Å². The lowest BCUT2D eigenvalue weighted by Crippen LogP contribution is -2.25. The van der Waals surface area contributed by atoms with E-state index in [0.717, 1.165) is 11.3 Å². The van der Waals surface area contributed by atoms with Crippen LogP contribution in [0.2, 0.25) is 4.34 Å². The number of aliphatic hydroxyl groups is 1. The molecule has 0 aliphatic rings. The molecule has 1 N–H and O–H groups in total. The summed E-state index contributed by atoms with van der Waals surface area (Å²) in [6.45, 7) is 1.61. The molecule has 84 valence electrons. The van der Waals surface area contributed by atoms with Gasteiger partial charge < -0.3 is 9.84 Å². The molecule has 0 saturated heterocycles. The highest BCUT2D eigenvalue weighted by Gasteiger charge is 2.31. The molecule has 0 aromatic carbocycles. The number of halogens is 2. The molecule has 0 bridgehead atoms. The van der Waals surface area contributed by atoms with Crippen LogP contribution >= 0.6 is 22.9 Å². The van der Waals surface area contributed by atoms with Gasteiger partial charge in [-0.15, -0.1) is 11.3 Å². The minimum atomic E-state index is -2.13. The molecule has 0 radical (unpaired) electrons. The third-order valence-electron chi connectivity index (χ3n) is 1.54. The van der Waals surface area contributed by atoms with E-state index in [1.54, 1.807) is 6.92 Å². The zero-order valence-electron chi connectivity index (χ0n) is 7.81. The van der Waals surface area contributed by atoms with E-state index in [1.165, 1.54) is 6.20 Å². The molecule has 1 heterocycles. The number of rotatable bonds is 4. The summed E-state index contributed by atoms with van der Waals surface area (Å²) in [7, 11) is 0. The summed E-state index contributed by atoms with van der Waals surface area (Å²) in [4.78, 5) is 14.6. The Balaban J connectivity index is 2.67. The second-order valence-corrected chi connectivity index (χ2v) is 4.29. The smallest absolute Gasteiger partial charge is 0.343 e. The van der Waals surface area contributed by atoms with Crippen LogP contribution in [-0.4, -0.2) is 28.8 Å². The van der Waals surface area contributed by atoms with Crippen molar-refractivity contribution < 1.29 is 19.0 Å². The van der Waals surface area contributed by atoms with Crippen LogP contribution in [0.25, 0.3) is 0 Å². The van der Waals surface area contributed by atoms with Gasteiger partial charge in [-0.2, -0.15) is 0 Å². The Morgan fingerprint density at radius 3 is 3.00 bits per heavy atom. The molecular weight excluding hydrogens is 245 g/mol. The average Bonchev–Trinajstić information content (AvgIpc) is 2.63. The Labute approximate surface area is 94.7 Å². The largest absolute Gasteiger partial charge is 0.464 e. The summed E-state index contributed by atoms with van der Waals surface area (Å²) in [5, 5.41) is 9.47. The van der Waals surface area contributed by atoms with E-state index in [0.29, 0.717) is 4.34 Å². The molecule has 0 aliphatic heterocycles. The molecule has 7 heteroatoms. The quantitative estimate of drug-likeness (QED) is 0.831. The van der Waals surface area contributed by atoms with Crippen molar-refractivity contribution >= 4 is 28.9 Å². The lowest BCUT2D eigenvalue weighted by Gasteiger charge is -2.11. The van der Waals surface area contributed by atoms with Gasteiger partial charge in [0.05, 0.1) is 12.8 Å². The lowest BCUT2D eigenvalue weighted by molar-refractivity contribution is -0.153. The van der Waals surface area contributed by atoms with Crippen molar-refractivity contribution in [3.05, 3.63) is 15.5 Å². The molecule has 2 atom stereocenters. The van der Waals surface area contributed by atoms with E-state index < -0.39 is 18.2 Å². The van der Waals surface area contributed by atoms with Gasteiger partial charge in [0.1, 0.15) is 15.4 Å². The molecule has 1 aromatic rings. The molecule has 2 unspecified atom stereocenters. The number of hydrogen-bond donors (Lipinski definition) is 1. The van der Waals surface area contributed by atoms with Crippen molar-refractivity contribution in [3.8, 4) is 0 Å². The minimum absolute atomic E-state index is 0.0561. The number of esters is 1. The molecule has 0 spiro atoms. The molecule has 0 aliphatic carbocycles. The summed E-state index contributed by atoms with van der Waals surface area (Å²) < 4.78 is 18.0. The number of thiazole rings is 1. The first-order chi connectivity index (χ1) is 7.06. The highest BCUT2D eigenvalue weighted by atomic mass is 35.5. The molecular formula is C8H9ClFNO3S. The summed E-state index contributed by atoms with van der Waals surface area (Å²) in [5.41, 5.74) is 0. The number of ether oxygens (including phenoxy) is 1. The average molecular weight is 254 g/mol. The Morgan fingerprint density at radius 1 is 1.87 bits per heavy atom. The molecule has 0 amide bonds. The van der Waals surface area contributed by atoms with Gasteiger partial charge in [-0.25, -0.2) is 14.2 Å². The van der Waals surface area contributed by atoms with Gasteiger partial charge in [-0.05, 0) is 6.92 Å². The minimum Gasteiger partial charge on any atom is -0.464 e. The number of alkyl halides is 1. The third-order valence-corrected chi connectivity index (χ3v) is 2.72. The lowest BCUT2D eigenvalue weighted by atomic mass is 10.2. The zero-order chi connectivity index (χ0) is 11.4. The highest BCUT2D eigenvalue weighted by Crippen LogP contribution is 2.27. The van der Waals surface area contributed by atoms with Crippen LogP contribution in [0.15, 0.2) is 6.20 Å². The van der Waals surface area contributed by atoms with Crippen molar-refractivity contribution in [2.45, 2.75) is 19.2 Å². The summed E-state index contributed by atoms with van der Waals surface area (Å²) >= 11 is 6.47. The van der Waals surface area contributed by atoms with Gasteiger partial charge in [-0.3, -0.25) is 0 Å². The predicted molar refractivity (Wildman–Crippen MR) is 53.6 cm³/mol. The number of aliphatic hydroxyl groups excluding tert-OH is 1. The maximum atomic E-state index is 13.3. The molecule has 15 heavy (non-hydrogen) atoms. The first kappa shape index (κ1) is 12.4. The normalized spacial score (nSPS) is 14.7. The maximum absolute atomic E-state index is 13.3. The molecule has 1 rings (SSSR count). The van der Waals surface area contributed by atoms with Crippen molar-refractivity contribution in [2.75, 3.05) is 6.61 Å². The standard InChI is InChI=1S/C8H9ClFNO3S/c1-2-14-8(13)5(10)6(12)7-11-3-4(9)15-7/h3,5-6,12H,2H2,1H3. The van der Waals surface area contributed by atoms with Gasteiger partial charge in [0.2, 0.25) is 6.17 Å². The fourth-order valence-electron chi connectivity index (χ4n) is 0.880. The Hall–Kier alpha value is -0.720. The van der Waals surface area contributed by atoms with Gasteiger partial charge in [0.15, 0.2) is 0 Å². The second-order valence-electron chi connectivity index (χ2n) is 2.60. The van der Waals surface area contributed by atoms with Crippen LogP contribution in [0.1, 0.15) is 18.0 Å². The summed E-state index contributed by atoms with van der Waals surface area (Å²) in [6, 6.07) is 0. The third kappa shape index (κ3) is 3.12. The number of carbonyl (C=O) groups is 1. The van der Waals surface area contributed by atoms with E-state index >= 15 is 0 Å². The van der Waals surface area contributed by atoms with E-state index in [-0.39, 0.29) is 11.6 Å². The van der Waals surface area contributed by atoms with Gasteiger partial charge in [-0.1, -0.05) is 11.6 Å². The maximum Gasteiger partial charge on any atom is 0.343 e. The highest BCUT2D eigenvalue weighted by molar-refractivity contribution is 7.15. The second kappa shape index (κ2) is 5.39. The molecule has 0 saturated carbocycles. The number of hydrogen-bond acceptors (Lipinski definition) is 5. The first-order valence-corrected chi connectivity index (χ1v) is 5.35. The van der Waals surface area contributed by atoms with Crippen LogP contribution in [0.4, 0.5) is 4.39 Å². The Kier molecular flexibility index (Phi) is 4.44. The number of aromatic nitrogens is 1.